The van der Waals surface area contributed by atoms with E-state index < -0.39 is 11.0 Å². The summed E-state index contributed by atoms with van der Waals surface area (Å²) in [5, 5.41) is 10.6. The first-order valence-electron chi connectivity index (χ1n) is 5.68. The molecule has 0 aromatic heterocycles. The van der Waals surface area contributed by atoms with Gasteiger partial charge in [0.25, 0.3) is 0 Å². The molecule has 3 heteroatoms. The predicted octanol–water partition coefficient (Wildman–Crippen LogP) is 1.48. The van der Waals surface area contributed by atoms with E-state index in [2.05, 4.69) is 0 Å². The number of aliphatic hydroxyl groups is 1. The molecule has 0 unspecified atom stereocenters. The van der Waals surface area contributed by atoms with Gasteiger partial charge in [-0.3, -0.25) is 9.59 Å². The summed E-state index contributed by atoms with van der Waals surface area (Å²) in [5.74, 6) is -0.164. The lowest BCUT2D eigenvalue weighted by Gasteiger charge is -2.44. The van der Waals surface area contributed by atoms with Gasteiger partial charge in [-0.25, -0.2) is 0 Å². The number of fused-ring (bicyclic) bond motifs is 1. The first-order chi connectivity index (χ1) is 6.92. The van der Waals surface area contributed by atoms with E-state index >= 15 is 0 Å². The number of Topliss-reactive ketones (excluding diaryl/α,β-unsaturated/α-hetero) is 2. The Morgan fingerprint density at radius 1 is 1.47 bits per heavy atom. The molecule has 0 radical (unpaired) electrons. The van der Waals surface area contributed by atoms with Crippen LogP contribution in [-0.2, 0) is 9.59 Å². The molecule has 2 aliphatic rings. The molecule has 0 amide bonds. The van der Waals surface area contributed by atoms with Crippen molar-refractivity contribution in [3.05, 3.63) is 0 Å². The van der Waals surface area contributed by atoms with Gasteiger partial charge in [0.05, 0.1) is 11.0 Å². The summed E-state index contributed by atoms with van der Waals surface area (Å²) in [4.78, 5) is 23.4. The molecule has 0 aliphatic heterocycles. The van der Waals surface area contributed by atoms with E-state index in [1.807, 2.05) is 6.92 Å². The van der Waals surface area contributed by atoms with E-state index in [-0.39, 0.29) is 17.5 Å². The highest BCUT2D eigenvalue weighted by Crippen LogP contribution is 2.56. The van der Waals surface area contributed by atoms with E-state index in [1.54, 1.807) is 0 Å². The second kappa shape index (κ2) is 3.14. The molecule has 0 heterocycles. The van der Waals surface area contributed by atoms with Gasteiger partial charge in [0, 0.05) is 12.3 Å². The lowest BCUT2D eigenvalue weighted by Crippen LogP contribution is -2.54. The van der Waals surface area contributed by atoms with Crippen molar-refractivity contribution in [3.63, 3.8) is 0 Å². The van der Waals surface area contributed by atoms with Crippen molar-refractivity contribution in [1.82, 2.24) is 0 Å². The maximum Gasteiger partial charge on any atom is 0.141 e. The van der Waals surface area contributed by atoms with Crippen LogP contribution in [-0.4, -0.2) is 22.3 Å². The highest BCUT2D eigenvalue weighted by Gasteiger charge is 2.62. The predicted molar refractivity (Wildman–Crippen MR) is 55.3 cm³/mol. The summed E-state index contributed by atoms with van der Waals surface area (Å²) in [6.07, 6.45) is 3.19. The fourth-order valence-electron chi connectivity index (χ4n) is 3.44. The minimum Gasteiger partial charge on any atom is -0.388 e. The maximum atomic E-state index is 11.9. The molecule has 0 aromatic carbocycles. The van der Waals surface area contributed by atoms with E-state index in [0.717, 1.165) is 0 Å². The normalized spacial score (nSPS) is 45.3. The molecule has 0 saturated heterocycles. The number of rotatable bonds is 1. The fourth-order valence-corrected chi connectivity index (χ4v) is 3.44. The van der Waals surface area contributed by atoms with Crippen molar-refractivity contribution in [2.24, 2.45) is 11.3 Å². The van der Waals surface area contributed by atoms with Crippen LogP contribution in [0.1, 0.15) is 46.0 Å². The summed E-state index contributed by atoms with van der Waals surface area (Å²) in [6.45, 7) is 3.35. The zero-order valence-electron chi connectivity index (χ0n) is 9.38. The third-order valence-electron chi connectivity index (χ3n) is 4.53. The average Bonchev–Trinajstić information content (AvgIpc) is 2.41. The molecule has 0 spiro atoms. The standard InChI is InChI=1S/C12H18O3/c1-8(13)9-5-7-11(2)10(14)4-3-6-12(9,11)15/h9,15H,3-7H2,1-2H3/t9-,11-,12+/m1/s1. The van der Waals surface area contributed by atoms with Crippen LogP contribution in [0, 0.1) is 11.3 Å². The number of hydrogen-bond acceptors (Lipinski definition) is 3. The molecular formula is C12H18O3. The van der Waals surface area contributed by atoms with Gasteiger partial charge in [-0.15, -0.1) is 0 Å². The largest absolute Gasteiger partial charge is 0.388 e. The molecule has 15 heavy (non-hydrogen) atoms. The van der Waals surface area contributed by atoms with Crippen molar-refractivity contribution in [1.29, 1.82) is 0 Å². The van der Waals surface area contributed by atoms with Crippen LogP contribution < -0.4 is 0 Å². The van der Waals surface area contributed by atoms with Crippen molar-refractivity contribution in [2.45, 2.75) is 51.6 Å². The molecule has 3 atom stereocenters. The van der Waals surface area contributed by atoms with Crippen LogP contribution in [0.3, 0.4) is 0 Å². The molecule has 2 rings (SSSR count). The van der Waals surface area contributed by atoms with Crippen molar-refractivity contribution in [2.75, 3.05) is 0 Å². The van der Waals surface area contributed by atoms with Crippen LogP contribution >= 0.6 is 0 Å². The number of hydrogen-bond donors (Lipinski definition) is 1. The zero-order valence-corrected chi connectivity index (χ0v) is 9.38. The van der Waals surface area contributed by atoms with Gasteiger partial charge in [-0.2, -0.15) is 0 Å². The summed E-state index contributed by atoms with van der Waals surface area (Å²) in [6, 6.07) is 0. The molecule has 1 N–H and O–H groups in total. The number of carbonyl (C=O) groups is 2. The first kappa shape index (κ1) is 10.8. The van der Waals surface area contributed by atoms with E-state index in [4.69, 9.17) is 0 Å². The average molecular weight is 210 g/mol. The van der Waals surface area contributed by atoms with Crippen LogP contribution in [0.4, 0.5) is 0 Å². The van der Waals surface area contributed by atoms with Gasteiger partial charge in [-0.05, 0) is 39.5 Å². The molecule has 3 nitrogen and oxygen atoms in total. The fraction of sp³-hybridized carbons (Fsp3) is 0.833. The van der Waals surface area contributed by atoms with Crippen LogP contribution in [0.2, 0.25) is 0 Å². The molecule has 0 aromatic rings. The minimum absolute atomic E-state index is 0.0240. The Labute approximate surface area is 89.9 Å². The second-order valence-corrected chi connectivity index (χ2v) is 5.24. The van der Waals surface area contributed by atoms with Gasteiger partial charge in [0.1, 0.15) is 11.6 Å². The number of ketones is 2. The highest BCUT2D eigenvalue weighted by atomic mass is 16.3. The van der Waals surface area contributed by atoms with Crippen molar-refractivity contribution < 1.29 is 14.7 Å². The van der Waals surface area contributed by atoms with E-state index in [0.29, 0.717) is 32.1 Å². The molecule has 2 aliphatic carbocycles. The van der Waals surface area contributed by atoms with Gasteiger partial charge >= 0.3 is 0 Å². The van der Waals surface area contributed by atoms with Crippen LogP contribution in [0.5, 0.6) is 0 Å². The quantitative estimate of drug-likeness (QED) is 0.713. The summed E-state index contributed by atoms with van der Waals surface area (Å²) < 4.78 is 0. The lowest BCUT2D eigenvalue weighted by molar-refractivity contribution is -0.158. The molecule has 2 fully saturated rings. The zero-order chi connectivity index (χ0) is 11.3. The minimum atomic E-state index is -1.06. The Hall–Kier alpha value is -0.700. The Balaban J connectivity index is 2.41. The van der Waals surface area contributed by atoms with Gasteiger partial charge in [0.2, 0.25) is 0 Å². The topological polar surface area (TPSA) is 54.4 Å². The molecule has 0 bridgehead atoms. The molecule has 84 valence electrons. The monoisotopic (exact) mass is 210 g/mol. The Bertz CT molecular complexity index is 323. The van der Waals surface area contributed by atoms with Crippen LogP contribution in [0.15, 0.2) is 0 Å². The third kappa shape index (κ3) is 1.22. The molecule has 2 saturated carbocycles. The van der Waals surface area contributed by atoms with Gasteiger partial charge in [-0.1, -0.05) is 0 Å². The SMILES string of the molecule is CC(=O)[C@H]1CC[C@]2(C)C(=O)CCC[C@]12O. The van der Waals surface area contributed by atoms with Crippen molar-refractivity contribution >= 4 is 11.6 Å². The molecular weight excluding hydrogens is 192 g/mol. The smallest absolute Gasteiger partial charge is 0.141 e. The van der Waals surface area contributed by atoms with E-state index in [9.17, 15) is 14.7 Å². The van der Waals surface area contributed by atoms with Gasteiger partial charge in [0.15, 0.2) is 0 Å². The highest BCUT2D eigenvalue weighted by molar-refractivity contribution is 5.90. The maximum absolute atomic E-state index is 11.9. The Morgan fingerprint density at radius 2 is 2.13 bits per heavy atom. The first-order valence-corrected chi connectivity index (χ1v) is 5.68. The summed E-state index contributed by atoms with van der Waals surface area (Å²) >= 11 is 0. The van der Waals surface area contributed by atoms with E-state index in [1.165, 1.54) is 6.92 Å². The van der Waals surface area contributed by atoms with Crippen molar-refractivity contribution in [3.8, 4) is 0 Å². The second-order valence-electron chi connectivity index (χ2n) is 5.24. The van der Waals surface area contributed by atoms with Gasteiger partial charge < -0.3 is 5.11 Å². The summed E-state index contributed by atoms with van der Waals surface area (Å²) in [5.41, 5.74) is -1.73. The summed E-state index contributed by atoms with van der Waals surface area (Å²) in [7, 11) is 0. The number of carbonyl (C=O) groups excluding carboxylic acids is 2. The Kier molecular flexibility index (Phi) is 2.26. The van der Waals surface area contributed by atoms with Crippen LogP contribution in [0.25, 0.3) is 0 Å². The Morgan fingerprint density at radius 3 is 2.73 bits per heavy atom. The lowest BCUT2D eigenvalue weighted by atomic mass is 9.63. The third-order valence-corrected chi connectivity index (χ3v) is 4.53.